The van der Waals surface area contributed by atoms with Gasteiger partial charge in [0.25, 0.3) is 11.5 Å². The second-order valence-electron chi connectivity index (χ2n) is 7.64. The van der Waals surface area contributed by atoms with Gasteiger partial charge in [-0.25, -0.2) is 9.48 Å². The average Bonchev–Trinajstić information content (AvgIpc) is 2.88. The minimum Gasteiger partial charge on any atom is -0.478 e. The van der Waals surface area contributed by atoms with Gasteiger partial charge in [0.2, 0.25) is 0 Å². The van der Waals surface area contributed by atoms with Gasteiger partial charge in [0.1, 0.15) is 5.56 Å². The van der Waals surface area contributed by atoms with Crippen molar-refractivity contribution >= 4 is 11.9 Å². The summed E-state index contributed by atoms with van der Waals surface area (Å²) < 4.78 is 1.30. The topological polar surface area (TPSA) is 101 Å². The van der Waals surface area contributed by atoms with E-state index in [2.05, 4.69) is 10.4 Å². The number of amides is 1. The number of aromatic carboxylic acids is 1. The van der Waals surface area contributed by atoms with Crippen LogP contribution in [0.3, 0.4) is 0 Å². The van der Waals surface area contributed by atoms with E-state index in [4.69, 9.17) is 5.11 Å². The Hall–Kier alpha value is -4.52. The van der Waals surface area contributed by atoms with Gasteiger partial charge in [-0.05, 0) is 30.2 Å². The Bertz CT molecular complexity index is 1380. The van der Waals surface area contributed by atoms with E-state index in [9.17, 15) is 14.4 Å². The molecule has 0 bridgehead atoms. The van der Waals surface area contributed by atoms with Crippen molar-refractivity contribution in [3.05, 3.63) is 112 Å². The third-order valence-electron chi connectivity index (χ3n) is 5.45. The standard InChI is InChI=1S/C27H23N3O4/c1-2-30-26(32)23(25(31)28-17-18-13-15-21(16-14-18)27(33)34)22(19-9-5-3-6-10-19)24(29-30)20-11-7-4-8-12-20/h3-16H,2,17H2,1H3,(H,28,31)(H,33,34). The van der Waals surface area contributed by atoms with Crippen LogP contribution in [0.5, 0.6) is 0 Å². The van der Waals surface area contributed by atoms with Gasteiger partial charge in [0, 0.05) is 24.2 Å². The number of hydrogen-bond donors (Lipinski definition) is 2. The van der Waals surface area contributed by atoms with Crippen LogP contribution in [0.1, 0.15) is 33.2 Å². The fourth-order valence-corrected chi connectivity index (χ4v) is 3.72. The smallest absolute Gasteiger partial charge is 0.335 e. The van der Waals surface area contributed by atoms with Crippen LogP contribution < -0.4 is 10.9 Å². The molecule has 0 aliphatic rings. The molecule has 0 saturated heterocycles. The molecule has 4 rings (SSSR count). The zero-order valence-corrected chi connectivity index (χ0v) is 18.6. The molecule has 0 radical (unpaired) electrons. The molecular weight excluding hydrogens is 430 g/mol. The van der Waals surface area contributed by atoms with Crippen LogP contribution in [0, 0.1) is 0 Å². The Balaban J connectivity index is 1.81. The second kappa shape index (κ2) is 9.95. The highest BCUT2D eigenvalue weighted by atomic mass is 16.4. The van der Waals surface area contributed by atoms with Crippen molar-refractivity contribution in [3.63, 3.8) is 0 Å². The van der Waals surface area contributed by atoms with Crippen LogP contribution in [0.4, 0.5) is 0 Å². The summed E-state index contributed by atoms with van der Waals surface area (Å²) in [4.78, 5) is 37.8. The predicted molar refractivity (Wildman–Crippen MR) is 130 cm³/mol. The maximum atomic E-state index is 13.4. The first kappa shape index (κ1) is 22.7. The zero-order chi connectivity index (χ0) is 24.1. The molecule has 0 unspecified atom stereocenters. The third kappa shape index (κ3) is 4.63. The molecule has 1 aromatic heterocycles. The lowest BCUT2D eigenvalue weighted by Crippen LogP contribution is -2.35. The van der Waals surface area contributed by atoms with Crippen LogP contribution in [0.2, 0.25) is 0 Å². The summed E-state index contributed by atoms with van der Waals surface area (Å²) in [6.07, 6.45) is 0. The summed E-state index contributed by atoms with van der Waals surface area (Å²) in [5.74, 6) is -1.54. The van der Waals surface area contributed by atoms with Crippen molar-refractivity contribution < 1.29 is 14.7 Å². The molecule has 7 nitrogen and oxygen atoms in total. The number of carbonyl (C=O) groups excluding carboxylic acids is 1. The van der Waals surface area contributed by atoms with Crippen molar-refractivity contribution in [3.8, 4) is 22.4 Å². The molecular formula is C27H23N3O4. The van der Waals surface area contributed by atoms with E-state index in [1.54, 1.807) is 19.1 Å². The number of rotatable bonds is 7. The third-order valence-corrected chi connectivity index (χ3v) is 5.45. The number of aromatic nitrogens is 2. The van der Waals surface area contributed by atoms with Crippen molar-refractivity contribution in [2.75, 3.05) is 0 Å². The molecule has 0 aliphatic carbocycles. The van der Waals surface area contributed by atoms with E-state index in [-0.39, 0.29) is 17.7 Å². The summed E-state index contributed by atoms with van der Waals surface area (Å²) in [6.45, 7) is 2.25. The summed E-state index contributed by atoms with van der Waals surface area (Å²) in [6, 6.07) is 24.9. The maximum Gasteiger partial charge on any atom is 0.335 e. The summed E-state index contributed by atoms with van der Waals surface area (Å²) in [5, 5.41) is 16.5. The van der Waals surface area contributed by atoms with E-state index in [1.165, 1.54) is 16.8 Å². The lowest BCUT2D eigenvalue weighted by molar-refractivity contribution is 0.0696. The van der Waals surface area contributed by atoms with Crippen LogP contribution >= 0.6 is 0 Å². The van der Waals surface area contributed by atoms with Crippen LogP contribution in [0.25, 0.3) is 22.4 Å². The fourth-order valence-electron chi connectivity index (χ4n) is 3.72. The Labute approximate surface area is 196 Å². The van der Waals surface area contributed by atoms with E-state index < -0.39 is 17.4 Å². The molecule has 0 spiro atoms. The summed E-state index contributed by atoms with van der Waals surface area (Å²) in [5.41, 5.74) is 2.95. The van der Waals surface area contributed by atoms with Gasteiger partial charge in [-0.15, -0.1) is 0 Å². The fraction of sp³-hybridized carbons (Fsp3) is 0.111. The van der Waals surface area contributed by atoms with Gasteiger partial charge in [-0.3, -0.25) is 9.59 Å². The van der Waals surface area contributed by atoms with E-state index in [0.717, 1.165) is 5.56 Å². The average molecular weight is 453 g/mol. The van der Waals surface area contributed by atoms with Crippen molar-refractivity contribution in [2.24, 2.45) is 0 Å². The molecule has 1 amide bonds. The van der Waals surface area contributed by atoms with Gasteiger partial charge < -0.3 is 10.4 Å². The van der Waals surface area contributed by atoms with Gasteiger partial charge in [0.05, 0.1) is 11.3 Å². The number of hydrogen-bond acceptors (Lipinski definition) is 4. The highest BCUT2D eigenvalue weighted by Gasteiger charge is 2.24. The van der Waals surface area contributed by atoms with Gasteiger partial charge in [0.15, 0.2) is 0 Å². The summed E-state index contributed by atoms with van der Waals surface area (Å²) in [7, 11) is 0. The minimum absolute atomic E-state index is 0.0176. The van der Waals surface area contributed by atoms with Crippen LogP contribution in [-0.4, -0.2) is 26.8 Å². The number of aryl methyl sites for hydroxylation is 1. The molecule has 4 aromatic rings. The van der Waals surface area contributed by atoms with Gasteiger partial charge in [-0.1, -0.05) is 72.8 Å². The molecule has 2 N–H and O–H groups in total. The lowest BCUT2D eigenvalue weighted by Gasteiger charge is -2.17. The Morgan fingerprint density at radius 1 is 0.882 bits per heavy atom. The SMILES string of the molecule is CCn1nc(-c2ccccc2)c(-c2ccccc2)c(C(=O)NCc2ccc(C(=O)O)cc2)c1=O. The number of carboxylic acids is 1. The van der Waals surface area contributed by atoms with E-state index >= 15 is 0 Å². The number of carbonyl (C=O) groups is 2. The molecule has 0 saturated carbocycles. The largest absolute Gasteiger partial charge is 0.478 e. The maximum absolute atomic E-state index is 13.4. The quantitative estimate of drug-likeness (QED) is 0.436. The molecule has 34 heavy (non-hydrogen) atoms. The highest BCUT2D eigenvalue weighted by Crippen LogP contribution is 2.32. The molecule has 7 heteroatoms. The van der Waals surface area contributed by atoms with Gasteiger partial charge >= 0.3 is 5.97 Å². The number of nitrogens with zero attached hydrogens (tertiary/aromatic N) is 2. The molecule has 0 aliphatic heterocycles. The lowest BCUT2D eigenvalue weighted by atomic mass is 9.95. The highest BCUT2D eigenvalue weighted by molar-refractivity contribution is 6.03. The predicted octanol–water partition coefficient (Wildman–Crippen LogP) is 4.23. The van der Waals surface area contributed by atoms with Crippen molar-refractivity contribution in [1.82, 2.24) is 15.1 Å². The Kier molecular flexibility index (Phi) is 6.64. The monoisotopic (exact) mass is 453 g/mol. The number of nitrogens with one attached hydrogen (secondary N) is 1. The van der Waals surface area contributed by atoms with E-state index in [1.807, 2.05) is 60.7 Å². The first-order valence-corrected chi connectivity index (χ1v) is 10.9. The summed E-state index contributed by atoms with van der Waals surface area (Å²) >= 11 is 0. The number of benzene rings is 3. The van der Waals surface area contributed by atoms with Crippen molar-refractivity contribution in [1.29, 1.82) is 0 Å². The molecule has 0 fully saturated rings. The Morgan fingerprint density at radius 3 is 2.03 bits per heavy atom. The van der Waals surface area contributed by atoms with Gasteiger partial charge in [-0.2, -0.15) is 5.10 Å². The molecule has 3 aromatic carbocycles. The first-order chi connectivity index (χ1) is 16.5. The van der Waals surface area contributed by atoms with Crippen LogP contribution in [-0.2, 0) is 13.1 Å². The molecule has 0 atom stereocenters. The molecule has 1 heterocycles. The van der Waals surface area contributed by atoms with E-state index in [0.29, 0.717) is 28.9 Å². The minimum atomic E-state index is -1.02. The second-order valence-corrected chi connectivity index (χ2v) is 7.64. The zero-order valence-electron chi connectivity index (χ0n) is 18.6. The Morgan fingerprint density at radius 2 is 1.47 bits per heavy atom. The van der Waals surface area contributed by atoms with Crippen LogP contribution in [0.15, 0.2) is 89.7 Å². The molecule has 170 valence electrons. The van der Waals surface area contributed by atoms with Crippen molar-refractivity contribution in [2.45, 2.75) is 20.0 Å². The first-order valence-electron chi connectivity index (χ1n) is 10.9. The number of carboxylic acid groups (broad SMARTS) is 1. The normalized spacial score (nSPS) is 10.6.